The van der Waals surface area contributed by atoms with Crippen molar-refractivity contribution in [3.8, 4) is 0 Å². The standard InChI is InChI=1S/C20H22FN3O4S/c1-14(25)22-16-12-24(13-16)20(26)18(11-15-7-3-2-4-8-15)23-29(27,28)19-10-6-5-9-17(19)21/h2-10,16,18,23H,11-13H2,1H3,(H,22,25)/t18-/m0/s1. The molecule has 0 aromatic heterocycles. The highest BCUT2D eigenvalue weighted by molar-refractivity contribution is 7.89. The number of benzene rings is 2. The number of hydrogen-bond acceptors (Lipinski definition) is 4. The van der Waals surface area contributed by atoms with Crippen molar-refractivity contribution >= 4 is 21.8 Å². The largest absolute Gasteiger partial charge is 0.350 e. The highest BCUT2D eigenvalue weighted by Crippen LogP contribution is 2.17. The molecule has 2 N–H and O–H groups in total. The van der Waals surface area contributed by atoms with Crippen LogP contribution in [-0.4, -0.2) is 50.3 Å². The van der Waals surface area contributed by atoms with Gasteiger partial charge in [-0.2, -0.15) is 4.72 Å². The Hall–Kier alpha value is -2.78. The summed E-state index contributed by atoms with van der Waals surface area (Å²) in [5.74, 6) is -1.50. The zero-order valence-corrected chi connectivity index (χ0v) is 16.7. The van der Waals surface area contributed by atoms with E-state index >= 15 is 0 Å². The van der Waals surface area contributed by atoms with E-state index in [1.54, 1.807) is 24.3 Å². The molecule has 0 unspecified atom stereocenters. The molecule has 0 bridgehead atoms. The van der Waals surface area contributed by atoms with Crippen molar-refractivity contribution in [1.29, 1.82) is 0 Å². The van der Waals surface area contributed by atoms with Crippen LogP contribution >= 0.6 is 0 Å². The molecule has 1 fully saturated rings. The van der Waals surface area contributed by atoms with Gasteiger partial charge in [-0.15, -0.1) is 0 Å². The van der Waals surface area contributed by atoms with Crippen LogP contribution in [0.2, 0.25) is 0 Å². The second-order valence-electron chi connectivity index (χ2n) is 6.93. The fourth-order valence-corrected chi connectivity index (χ4v) is 4.47. The van der Waals surface area contributed by atoms with Crippen LogP contribution in [-0.2, 0) is 26.0 Å². The second kappa shape index (κ2) is 8.71. The van der Waals surface area contributed by atoms with Gasteiger partial charge in [0.2, 0.25) is 21.8 Å². The minimum absolute atomic E-state index is 0.120. The van der Waals surface area contributed by atoms with E-state index in [1.165, 1.54) is 24.0 Å². The maximum atomic E-state index is 14.0. The lowest BCUT2D eigenvalue weighted by atomic mass is 10.0. The number of halogens is 1. The van der Waals surface area contributed by atoms with E-state index in [-0.39, 0.29) is 18.4 Å². The summed E-state index contributed by atoms with van der Waals surface area (Å²) in [6, 6.07) is 12.7. The number of nitrogens with zero attached hydrogens (tertiary/aromatic N) is 1. The molecule has 2 amide bonds. The van der Waals surface area contributed by atoms with Gasteiger partial charge in [0.15, 0.2) is 0 Å². The molecule has 0 saturated carbocycles. The number of hydrogen-bond donors (Lipinski definition) is 2. The van der Waals surface area contributed by atoms with Crippen LogP contribution in [0.4, 0.5) is 4.39 Å². The van der Waals surface area contributed by atoms with Gasteiger partial charge in [0.05, 0.1) is 6.04 Å². The Kier molecular flexibility index (Phi) is 6.29. The summed E-state index contributed by atoms with van der Waals surface area (Å²) in [6.07, 6.45) is 0.120. The van der Waals surface area contributed by atoms with Crippen molar-refractivity contribution in [2.75, 3.05) is 13.1 Å². The smallest absolute Gasteiger partial charge is 0.244 e. The van der Waals surface area contributed by atoms with Crippen LogP contribution in [0.5, 0.6) is 0 Å². The van der Waals surface area contributed by atoms with Crippen molar-refractivity contribution in [2.45, 2.75) is 30.3 Å². The molecule has 7 nitrogen and oxygen atoms in total. The Balaban J connectivity index is 1.79. The number of sulfonamides is 1. The molecule has 3 rings (SSSR count). The third kappa shape index (κ3) is 5.18. The van der Waals surface area contributed by atoms with E-state index in [9.17, 15) is 22.4 Å². The Morgan fingerprint density at radius 1 is 1.10 bits per heavy atom. The predicted molar refractivity (Wildman–Crippen MR) is 105 cm³/mol. The van der Waals surface area contributed by atoms with Gasteiger partial charge in [-0.1, -0.05) is 42.5 Å². The van der Waals surface area contributed by atoms with E-state index in [4.69, 9.17) is 0 Å². The van der Waals surface area contributed by atoms with Gasteiger partial charge in [0.1, 0.15) is 16.8 Å². The third-order valence-electron chi connectivity index (χ3n) is 4.60. The molecule has 1 heterocycles. The van der Waals surface area contributed by atoms with Gasteiger partial charge >= 0.3 is 0 Å². The molecule has 1 aliphatic rings. The highest BCUT2D eigenvalue weighted by Gasteiger charge is 2.37. The minimum Gasteiger partial charge on any atom is -0.350 e. The molecular formula is C20H22FN3O4S. The Morgan fingerprint density at radius 3 is 2.34 bits per heavy atom. The molecule has 1 atom stereocenters. The summed E-state index contributed by atoms with van der Waals surface area (Å²) in [5, 5.41) is 2.71. The third-order valence-corrected chi connectivity index (χ3v) is 6.11. The van der Waals surface area contributed by atoms with Crippen LogP contribution in [0.1, 0.15) is 12.5 Å². The van der Waals surface area contributed by atoms with Gasteiger partial charge in [-0.25, -0.2) is 12.8 Å². The zero-order valence-electron chi connectivity index (χ0n) is 15.8. The first-order valence-corrected chi connectivity index (χ1v) is 10.6. The number of carbonyl (C=O) groups excluding carboxylic acids is 2. The Morgan fingerprint density at radius 2 is 1.72 bits per heavy atom. The topological polar surface area (TPSA) is 95.6 Å². The number of likely N-dealkylation sites (tertiary alicyclic amines) is 1. The number of amides is 2. The van der Waals surface area contributed by atoms with Crippen molar-refractivity contribution in [3.05, 3.63) is 66.0 Å². The summed E-state index contributed by atoms with van der Waals surface area (Å²) < 4.78 is 41.8. The molecule has 0 radical (unpaired) electrons. The zero-order chi connectivity index (χ0) is 21.0. The fourth-order valence-electron chi connectivity index (χ4n) is 3.20. The molecule has 2 aromatic carbocycles. The average molecular weight is 419 g/mol. The molecule has 1 saturated heterocycles. The van der Waals surface area contributed by atoms with Crippen molar-refractivity contribution in [1.82, 2.24) is 14.9 Å². The first-order chi connectivity index (χ1) is 13.8. The lowest BCUT2D eigenvalue weighted by molar-refractivity contribution is -0.139. The Bertz CT molecular complexity index is 992. The first kappa shape index (κ1) is 20.9. The second-order valence-corrected chi connectivity index (χ2v) is 8.62. The monoisotopic (exact) mass is 419 g/mol. The summed E-state index contributed by atoms with van der Waals surface area (Å²) in [4.78, 5) is 25.0. The van der Waals surface area contributed by atoms with Crippen LogP contribution in [0.3, 0.4) is 0 Å². The predicted octanol–water partition coefficient (Wildman–Crippen LogP) is 1.06. The summed E-state index contributed by atoms with van der Waals surface area (Å²) in [6.45, 7) is 1.99. The molecule has 2 aromatic rings. The number of rotatable bonds is 7. The van der Waals surface area contributed by atoms with Gasteiger partial charge < -0.3 is 10.2 Å². The van der Waals surface area contributed by atoms with E-state index in [1.807, 2.05) is 6.07 Å². The number of nitrogens with one attached hydrogen (secondary N) is 2. The van der Waals surface area contributed by atoms with Gasteiger partial charge in [-0.3, -0.25) is 9.59 Å². The van der Waals surface area contributed by atoms with E-state index < -0.39 is 32.7 Å². The molecule has 0 aliphatic carbocycles. The van der Waals surface area contributed by atoms with E-state index in [0.29, 0.717) is 13.1 Å². The maximum absolute atomic E-state index is 14.0. The fraction of sp³-hybridized carbons (Fsp3) is 0.300. The van der Waals surface area contributed by atoms with Gasteiger partial charge in [0, 0.05) is 20.0 Å². The molecule has 154 valence electrons. The average Bonchev–Trinajstić information content (AvgIpc) is 2.64. The normalized spacial score (nSPS) is 15.4. The van der Waals surface area contributed by atoms with Crippen molar-refractivity contribution in [3.63, 3.8) is 0 Å². The maximum Gasteiger partial charge on any atom is 0.244 e. The molecule has 29 heavy (non-hydrogen) atoms. The summed E-state index contributed by atoms with van der Waals surface area (Å²) in [7, 11) is -4.25. The summed E-state index contributed by atoms with van der Waals surface area (Å²) in [5.41, 5.74) is 0.765. The molecule has 1 aliphatic heterocycles. The first-order valence-electron chi connectivity index (χ1n) is 9.13. The minimum atomic E-state index is -4.25. The van der Waals surface area contributed by atoms with Crippen LogP contribution in [0, 0.1) is 5.82 Å². The SMILES string of the molecule is CC(=O)NC1CN(C(=O)[C@H](Cc2ccccc2)NS(=O)(=O)c2ccccc2F)C1. The van der Waals surface area contributed by atoms with Gasteiger partial charge in [0.25, 0.3) is 0 Å². The lowest BCUT2D eigenvalue weighted by Crippen LogP contribution is -2.64. The van der Waals surface area contributed by atoms with Crippen LogP contribution < -0.4 is 10.0 Å². The lowest BCUT2D eigenvalue weighted by Gasteiger charge is -2.41. The van der Waals surface area contributed by atoms with E-state index in [2.05, 4.69) is 10.0 Å². The number of carbonyl (C=O) groups is 2. The molecule has 9 heteroatoms. The van der Waals surface area contributed by atoms with Gasteiger partial charge in [-0.05, 0) is 24.1 Å². The molecular weight excluding hydrogens is 397 g/mol. The highest BCUT2D eigenvalue weighted by atomic mass is 32.2. The Labute approximate surface area is 169 Å². The van der Waals surface area contributed by atoms with Crippen molar-refractivity contribution in [2.24, 2.45) is 0 Å². The van der Waals surface area contributed by atoms with Crippen LogP contribution in [0.15, 0.2) is 59.5 Å². The van der Waals surface area contributed by atoms with Crippen molar-refractivity contribution < 1.29 is 22.4 Å². The summed E-state index contributed by atoms with van der Waals surface area (Å²) >= 11 is 0. The van der Waals surface area contributed by atoms with E-state index in [0.717, 1.165) is 17.7 Å². The quantitative estimate of drug-likeness (QED) is 0.702. The van der Waals surface area contributed by atoms with Crippen LogP contribution in [0.25, 0.3) is 0 Å². The molecule has 0 spiro atoms.